The second-order valence-electron chi connectivity index (χ2n) is 2.25. The van der Waals surface area contributed by atoms with Crippen molar-refractivity contribution in [2.75, 3.05) is 20.6 Å². The third kappa shape index (κ3) is 1.50. The molecule has 0 heterocycles. The summed E-state index contributed by atoms with van der Waals surface area (Å²) >= 11 is 0. The molecule has 0 saturated heterocycles. The van der Waals surface area contributed by atoms with E-state index in [4.69, 9.17) is 5.73 Å². The minimum atomic E-state index is -0.347. The average molecular weight is 116 g/mol. The fourth-order valence-corrected chi connectivity index (χ4v) is 0.110. The van der Waals surface area contributed by atoms with Crippen molar-refractivity contribution in [2.45, 2.75) is 0 Å². The Hall–Kier alpha value is -0.570. The topological polar surface area (TPSA) is 43.1 Å². The molecule has 0 aliphatic heterocycles. The lowest BCUT2D eigenvalue weighted by Gasteiger charge is -2.21. The number of amides is 2. The highest BCUT2D eigenvalue weighted by Gasteiger charge is 2.18. The van der Waals surface area contributed by atoms with Gasteiger partial charge in [-0.15, -0.1) is 0 Å². The van der Waals surface area contributed by atoms with Crippen LogP contribution in [0.2, 0.25) is 0 Å². The molecule has 0 spiro atoms. The van der Waals surface area contributed by atoms with Crippen LogP contribution in [0.15, 0.2) is 0 Å². The molecule has 0 fully saturated rings. The number of nitrogens with two attached hydrogens (primary N) is 1. The first-order chi connectivity index (χ1) is 3.50. The van der Waals surface area contributed by atoms with E-state index in [2.05, 4.69) is 6.92 Å². The second kappa shape index (κ2) is 2.13. The fourth-order valence-electron chi connectivity index (χ4n) is 0.110. The molecule has 0 saturated carbocycles. The molecular formula is C5H12N2O+. The first-order valence-electron chi connectivity index (χ1n) is 2.43. The van der Waals surface area contributed by atoms with Crippen molar-refractivity contribution in [3.05, 3.63) is 6.92 Å². The molecule has 0 atom stereocenters. The molecule has 8 heavy (non-hydrogen) atoms. The highest BCUT2D eigenvalue weighted by atomic mass is 16.2. The SMILES string of the molecule is [CH2]C[N+](C)(C)C(N)=O. The Bertz CT molecular complexity index is 98.6. The number of hydrogen-bond acceptors (Lipinski definition) is 1. The molecule has 0 unspecified atom stereocenters. The van der Waals surface area contributed by atoms with E-state index >= 15 is 0 Å². The van der Waals surface area contributed by atoms with Gasteiger partial charge in [0, 0.05) is 6.92 Å². The van der Waals surface area contributed by atoms with Gasteiger partial charge >= 0.3 is 6.03 Å². The largest absolute Gasteiger partial charge is 0.413 e. The Morgan fingerprint density at radius 1 is 1.75 bits per heavy atom. The number of hydrogen-bond donors (Lipinski definition) is 1. The van der Waals surface area contributed by atoms with Gasteiger partial charge in [-0.25, -0.2) is 9.28 Å². The van der Waals surface area contributed by atoms with Crippen molar-refractivity contribution in [2.24, 2.45) is 5.73 Å². The van der Waals surface area contributed by atoms with Gasteiger partial charge in [0.15, 0.2) is 0 Å². The van der Waals surface area contributed by atoms with E-state index in [1.165, 1.54) is 0 Å². The van der Waals surface area contributed by atoms with E-state index in [-0.39, 0.29) is 10.5 Å². The molecule has 0 aromatic heterocycles. The molecule has 1 radical (unpaired) electrons. The molecule has 0 rings (SSSR count). The molecule has 0 aromatic rings. The Morgan fingerprint density at radius 2 is 2.12 bits per heavy atom. The molecule has 0 aliphatic rings. The molecule has 0 aliphatic carbocycles. The van der Waals surface area contributed by atoms with Crippen LogP contribution in [0.5, 0.6) is 0 Å². The lowest BCUT2D eigenvalue weighted by Crippen LogP contribution is -2.48. The zero-order valence-corrected chi connectivity index (χ0v) is 5.35. The predicted octanol–water partition coefficient (Wildman–Crippen LogP) is -0.0244. The van der Waals surface area contributed by atoms with Gasteiger partial charge in [0.25, 0.3) is 0 Å². The van der Waals surface area contributed by atoms with Crippen molar-refractivity contribution in [3.8, 4) is 0 Å². The lowest BCUT2D eigenvalue weighted by atomic mass is 10.5. The van der Waals surface area contributed by atoms with Crippen LogP contribution in [0.25, 0.3) is 0 Å². The lowest BCUT2D eigenvalue weighted by molar-refractivity contribution is -0.801. The van der Waals surface area contributed by atoms with Gasteiger partial charge in [-0.3, -0.25) is 0 Å². The van der Waals surface area contributed by atoms with E-state index in [0.717, 1.165) is 0 Å². The van der Waals surface area contributed by atoms with Crippen LogP contribution in [-0.2, 0) is 0 Å². The van der Waals surface area contributed by atoms with Gasteiger partial charge < -0.3 is 5.73 Å². The zero-order valence-electron chi connectivity index (χ0n) is 5.35. The van der Waals surface area contributed by atoms with Crippen LogP contribution in [0.3, 0.4) is 0 Å². The summed E-state index contributed by atoms with van der Waals surface area (Å²) in [7, 11) is 3.44. The number of rotatable bonds is 1. The number of carbonyl (C=O) groups is 1. The summed E-state index contributed by atoms with van der Waals surface area (Å²) in [6.45, 7) is 4.05. The van der Waals surface area contributed by atoms with Crippen LogP contribution >= 0.6 is 0 Å². The molecule has 3 heteroatoms. The Morgan fingerprint density at radius 3 is 2.12 bits per heavy atom. The van der Waals surface area contributed by atoms with E-state index in [1.807, 2.05) is 0 Å². The van der Waals surface area contributed by atoms with Gasteiger partial charge in [-0.05, 0) is 0 Å². The summed E-state index contributed by atoms with van der Waals surface area (Å²) in [5.41, 5.74) is 4.97. The normalized spacial score (nSPS) is 11.4. The standard InChI is InChI=1S/C5H11N2O/c1-4-7(2,3)5(6)8/h1,4H2,2-3H3,(H-,6,8)/p+1. The summed E-state index contributed by atoms with van der Waals surface area (Å²) < 4.78 is 0.153. The van der Waals surface area contributed by atoms with Crippen molar-refractivity contribution >= 4 is 6.03 Å². The number of primary amides is 1. The maximum Gasteiger partial charge on any atom is 0.413 e. The number of nitrogens with zero attached hydrogens (tertiary/aromatic N) is 1. The first-order valence-corrected chi connectivity index (χ1v) is 2.43. The van der Waals surface area contributed by atoms with Crippen LogP contribution < -0.4 is 5.73 Å². The molecule has 47 valence electrons. The van der Waals surface area contributed by atoms with Crippen molar-refractivity contribution < 1.29 is 9.28 Å². The summed E-state index contributed by atoms with van der Waals surface area (Å²) in [5.74, 6) is 0. The smallest absolute Gasteiger partial charge is 0.319 e. The van der Waals surface area contributed by atoms with Crippen LogP contribution in [0, 0.1) is 6.92 Å². The quantitative estimate of drug-likeness (QED) is 0.480. The maximum atomic E-state index is 10.4. The molecular weight excluding hydrogens is 104 g/mol. The monoisotopic (exact) mass is 116 g/mol. The van der Waals surface area contributed by atoms with Gasteiger partial charge in [-0.1, -0.05) is 0 Å². The van der Waals surface area contributed by atoms with E-state index < -0.39 is 0 Å². The van der Waals surface area contributed by atoms with Crippen LogP contribution in [-0.4, -0.2) is 31.2 Å². The first kappa shape index (κ1) is 7.43. The van der Waals surface area contributed by atoms with Gasteiger partial charge in [0.2, 0.25) is 0 Å². The molecule has 2 N–H and O–H groups in total. The summed E-state index contributed by atoms with van der Waals surface area (Å²) in [5, 5.41) is 0. The van der Waals surface area contributed by atoms with Crippen LogP contribution in [0.1, 0.15) is 0 Å². The predicted molar refractivity (Wildman–Crippen MR) is 31.9 cm³/mol. The second-order valence-corrected chi connectivity index (χ2v) is 2.25. The highest BCUT2D eigenvalue weighted by molar-refractivity contribution is 5.63. The van der Waals surface area contributed by atoms with Crippen molar-refractivity contribution in [3.63, 3.8) is 0 Å². The van der Waals surface area contributed by atoms with Gasteiger partial charge in [0.05, 0.1) is 20.6 Å². The minimum Gasteiger partial charge on any atom is -0.319 e. The van der Waals surface area contributed by atoms with Gasteiger partial charge in [-0.2, -0.15) is 0 Å². The average Bonchev–Trinajstić information content (AvgIpc) is 1.67. The Balaban J connectivity index is 3.91. The number of quaternary nitrogens is 1. The van der Waals surface area contributed by atoms with E-state index in [9.17, 15) is 4.79 Å². The maximum absolute atomic E-state index is 10.4. The minimum absolute atomic E-state index is 0.153. The number of urea groups is 1. The van der Waals surface area contributed by atoms with Crippen molar-refractivity contribution in [1.82, 2.24) is 0 Å². The highest BCUT2D eigenvalue weighted by Crippen LogP contribution is 1.91. The van der Waals surface area contributed by atoms with Crippen molar-refractivity contribution in [1.29, 1.82) is 0 Å². The third-order valence-electron chi connectivity index (χ3n) is 1.16. The molecule has 0 aromatic carbocycles. The summed E-state index contributed by atoms with van der Waals surface area (Å²) in [6.07, 6.45) is 0. The summed E-state index contributed by atoms with van der Waals surface area (Å²) in [4.78, 5) is 10.4. The zero-order chi connectivity index (χ0) is 6.78. The van der Waals surface area contributed by atoms with Crippen LogP contribution in [0.4, 0.5) is 4.79 Å². The summed E-state index contributed by atoms with van der Waals surface area (Å²) in [6, 6.07) is -0.347. The number of carbonyl (C=O) groups excluding carboxylic acids is 1. The van der Waals surface area contributed by atoms with E-state index in [1.54, 1.807) is 14.1 Å². The Kier molecular flexibility index (Phi) is 1.98. The molecule has 3 nitrogen and oxygen atoms in total. The van der Waals surface area contributed by atoms with Gasteiger partial charge in [0.1, 0.15) is 0 Å². The Labute approximate surface area is 49.7 Å². The molecule has 2 amide bonds. The third-order valence-corrected chi connectivity index (χ3v) is 1.16. The van der Waals surface area contributed by atoms with E-state index in [0.29, 0.717) is 6.54 Å². The fraction of sp³-hybridized carbons (Fsp3) is 0.600. The molecule has 0 bridgehead atoms.